The molecule has 5 N–H and O–H groups in total. The van der Waals surface area contributed by atoms with Crippen molar-refractivity contribution < 1.29 is 0 Å². The third-order valence-electron chi connectivity index (χ3n) is 0.250. The zero-order valence-corrected chi connectivity index (χ0v) is 3.76. The summed E-state index contributed by atoms with van der Waals surface area (Å²) in [5.41, 5.74) is 11.8. The van der Waals surface area contributed by atoms with Gasteiger partial charge in [0.1, 0.15) is 0 Å². The van der Waals surface area contributed by atoms with Crippen LogP contribution in [0.15, 0.2) is 10.2 Å². The highest BCUT2D eigenvalue weighted by Crippen LogP contribution is 1.50. The van der Waals surface area contributed by atoms with E-state index in [0.29, 0.717) is 0 Å². The van der Waals surface area contributed by atoms with E-state index in [1.165, 1.54) is 0 Å². The van der Waals surface area contributed by atoms with Crippen LogP contribution >= 0.6 is 0 Å². The van der Waals surface area contributed by atoms with Gasteiger partial charge in [-0.1, -0.05) is 0 Å². The van der Waals surface area contributed by atoms with Gasteiger partial charge in [0.2, 0.25) is 5.96 Å². The Labute approximate surface area is 41.1 Å². The van der Waals surface area contributed by atoms with E-state index in [1.807, 2.05) is 0 Å². The summed E-state index contributed by atoms with van der Waals surface area (Å²) in [6.45, 7) is 3.05. The summed E-state index contributed by atoms with van der Waals surface area (Å²) < 4.78 is 0. The van der Waals surface area contributed by atoms with Crippen molar-refractivity contribution in [1.29, 1.82) is 0 Å². The molecule has 0 aliphatic heterocycles. The summed E-state index contributed by atoms with van der Waals surface area (Å²) >= 11 is 0. The van der Waals surface area contributed by atoms with E-state index < -0.39 is 0 Å². The largest absolute Gasteiger partial charge is 0.369 e. The smallest absolute Gasteiger partial charge is 0.210 e. The van der Waals surface area contributed by atoms with E-state index in [2.05, 4.69) is 22.5 Å². The van der Waals surface area contributed by atoms with Crippen molar-refractivity contribution >= 4 is 12.7 Å². The van der Waals surface area contributed by atoms with Crippen LogP contribution in [0.1, 0.15) is 0 Å². The lowest BCUT2D eigenvalue weighted by Crippen LogP contribution is -2.24. The fraction of sp³-hybridized carbons (Fsp3) is 0. The van der Waals surface area contributed by atoms with Crippen LogP contribution in [0.3, 0.4) is 0 Å². The maximum Gasteiger partial charge on any atom is 0.210 e. The fourth-order valence-electron chi connectivity index (χ4n) is 0.0931. The van der Waals surface area contributed by atoms with Crippen LogP contribution in [0, 0.1) is 0 Å². The third-order valence-corrected chi connectivity index (χ3v) is 0.250. The molecule has 0 radical (unpaired) electrons. The average molecular weight is 101 g/mol. The Morgan fingerprint density at radius 3 is 2.29 bits per heavy atom. The highest BCUT2D eigenvalue weighted by Gasteiger charge is 1.69. The molecule has 0 saturated heterocycles. The molecule has 0 heterocycles. The number of hydrogen-bond donors (Lipinski definition) is 3. The second-order valence-electron chi connectivity index (χ2n) is 0.795. The SMILES string of the molecule is C=NNN=C(N)N. The lowest BCUT2D eigenvalue weighted by atomic mass is 11.1. The summed E-state index contributed by atoms with van der Waals surface area (Å²) in [5, 5.41) is 6.36. The quantitative estimate of drug-likeness (QED) is 0.222. The molecule has 5 nitrogen and oxygen atoms in total. The molecular formula is C2H7N5. The molecule has 0 amide bonds. The van der Waals surface area contributed by atoms with Gasteiger partial charge < -0.3 is 11.5 Å². The van der Waals surface area contributed by atoms with E-state index in [-0.39, 0.29) is 5.96 Å². The second kappa shape index (κ2) is 2.95. The molecule has 0 atom stereocenters. The van der Waals surface area contributed by atoms with Crippen molar-refractivity contribution in [3.05, 3.63) is 0 Å². The summed E-state index contributed by atoms with van der Waals surface area (Å²) in [7, 11) is 0. The van der Waals surface area contributed by atoms with E-state index >= 15 is 0 Å². The summed E-state index contributed by atoms with van der Waals surface area (Å²) in [6, 6.07) is 0. The number of hydrogen-bond acceptors (Lipinski definition) is 3. The van der Waals surface area contributed by atoms with E-state index in [1.54, 1.807) is 0 Å². The Balaban J connectivity index is 3.25. The molecule has 0 fully saturated rings. The molecule has 5 heteroatoms. The van der Waals surface area contributed by atoms with Gasteiger partial charge in [-0.3, -0.25) is 0 Å². The maximum atomic E-state index is 4.86. The highest BCUT2D eigenvalue weighted by atomic mass is 15.5. The van der Waals surface area contributed by atoms with Gasteiger partial charge in [0.05, 0.1) is 0 Å². The summed E-state index contributed by atoms with van der Waals surface area (Å²) in [4.78, 5) is 0. The number of nitrogens with two attached hydrogens (primary N) is 2. The molecule has 0 aliphatic carbocycles. The van der Waals surface area contributed by atoms with Crippen molar-refractivity contribution in [3.8, 4) is 0 Å². The third kappa shape index (κ3) is 4.74. The van der Waals surface area contributed by atoms with Gasteiger partial charge in [-0.25, -0.2) is 0 Å². The molecule has 0 rings (SSSR count). The first-order valence-corrected chi connectivity index (χ1v) is 1.56. The molecule has 0 aromatic heterocycles. The number of nitrogens with one attached hydrogen (secondary N) is 1. The summed E-state index contributed by atoms with van der Waals surface area (Å²) in [6.07, 6.45) is 0. The van der Waals surface area contributed by atoms with Crippen LogP contribution < -0.4 is 17.0 Å². The lowest BCUT2D eigenvalue weighted by molar-refractivity contribution is 0.812. The lowest BCUT2D eigenvalue weighted by Gasteiger charge is -1.86. The fourth-order valence-corrected chi connectivity index (χ4v) is 0.0931. The molecule has 0 aromatic carbocycles. The zero-order valence-electron chi connectivity index (χ0n) is 3.76. The van der Waals surface area contributed by atoms with Gasteiger partial charge in [-0.05, 0) is 0 Å². The molecule has 0 aromatic rings. The molecule has 40 valence electrons. The van der Waals surface area contributed by atoms with Gasteiger partial charge in [0.15, 0.2) is 0 Å². The van der Waals surface area contributed by atoms with Gasteiger partial charge in [-0.2, -0.15) is 10.6 Å². The minimum atomic E-state index is -0.0626. The minimum Gasteiger partial charge on any atom is -0.369 e. The standard InChI is InChI=1S/C2H7N5/c1-5-7-6-2(3)4/h7H,1H2,(H4,3,4,6). The highest BCUT2D eigenvalue weighted by molar-refractivity contribution is 5.75. The van der Waals surface area contributed by atoms with Crippen LogP contribution in [0.5, 0.6) is 0 Å². The molecule has 0 unspecified atom stereocenters. The van der Waals surface area contributed by atoms with Crippen LogP contribution in [0.4, 0.5) is 0 Å². The van der Waals surface area contributed by atoms with Crippen LogP contribution in [-0.2, 0) is 0 Å². The Kier molecular flexibility index (Phi) is 2.42. The van der Waals surface area contributed by atoms with Crippen molar-refractivity contribution in [1.82, 2.24) is 5.53 Å². The normalized spacial score (nSPS) is 6.86. The number of nitrogens with zero attached hydrogens (tertiary/aromatic N) is 2. The van der Waals surface area contributed by atoms with Crippen LogP contribution in [0.25, 0.3) is 0 Å². The topological polar surface area (TPSA) is 88.8 Å². The van der Waals surface area contributed by atoms with Crippen LogP contribution in [-0.4, -0.2) is 12.7 Å². The Hall–Kier alpha value is -1.26. The average Bonchev–Trinajstić information content (AvgIpc) is 1.61. The number of guanidine groups is 1. The second-order valence-corrected chi connectivity index (χ2v) is 0.795. The van der Waals surface area contributed by atoms with Crippen molar-refractivity contribution in [2.45, 2.75) is 0 Å². The molecule has 7 heavy (non-hydrogen) atoms. The first-order valence-electron chi connectivity index (χ1n) is 1.56. The van der Waals surface area contributed by atoms with Gasteiger partial charge >= 0.3 is 0 Å². The first-order chi connectivity index (χ1) is 3.27. The Morgan fingerprint density at radius 1 is 1.57 bits per heavy atom. The Bertz CT molecular complexity index is 80.1. The van der Waals surface area contributed by atoms with Gasteiger partial charge in [0.25, 0.3) is 0 Å². The van der Waals surface area contributed by atoms with Crippen molar-refractivity contribution in [3.63, 3.8) is 0 Å². The molecule has 0 bridgehead atoms. The van der Waals surface area contributed by atoms with Gasteiger partial charge in [-0.15, -0.1) is 5.10 Å². The van der Waals surface area contributed by atoms with Gasteiger partial charge in [0, 0.05) is 6.72 Å². The number of hydrazone groups is 2. The predicted octanol–water partition coefficient (Wildman–Crippen LogP) is -1.62. The predicted molar refractivity (Wildman–Crippen MR) is 28.5 cm³/mol. The zero-order chi connectivity index (χ0) is 5.70. The first kappa shape index (κ1) is 5.74. The summed E-state index contributed by atoms with van der Waals surface area (Å²) in [5.74, 6) is -0.0626. The van der Waals surface area contributed by atoms with Crippen LogP contribution in [0.2, 0.25) is 0 Å². The number of rotatable bonds is 2. The van der Waals surface area contributed by atoms with E-state index in [9.17, 15) is 0 Å². The molecule has 0 saturated carbocycles. The molecule has 0 aliphatic rings. The Morgan fingerprint density at radius 2 is 2.14 bits per heavy atom. The monoisotopic (exact) mass is 101 g/mol. The molecule has 0 spiro atoms. The van der Waals surface area contributed by atoms with E-state index in [4.69, 9.17) is 11.5 Å². The maximum absolute atomic E-state index is 4.86. The van der Waals surface area contributed by atoms with E-state index in [0.717, 1.165) is 0 Å². The van der Waals surface area contributed by atoms with Crippen molar-refractivity contribution in [2.24, 2.45) is 21.7 Å². The van der Waals surface area contributed by atoms with Crippen molar-refractivity contribution in [2.75, 3.05) is 0 Å². The molecular weight excluding hydrogens is 94.1 g/mol. The minimum absolute atomic E-state index is 0.0626.